The van der Waals surface area contributed by atoms with Crippen molar-refractivity contribution in [3.63, 3.8) is 0 Å². The zero-order valence-corrected chi connectivity index (χ0v) is 13.6. The normalized spacial score (nSPS) is 20.1. The van der Waals surface area contributed by atoms with Crippen LogP contribution in [0.1, 0.15) is 25.3 Å². The van der Waals surface area contributed by atoms with Gasteiger partial charge in [-0.15, -0.1) is 0 Å². The van der Waals surface area contributed by atoms with Crippen LogP contribution in [-0.4, -0.2) is 45.7 Å². The maximum absolute atomic E-state index is 11.6. The molecule has 2 aliphatic rings. The van der Waals surface area contributed by atoms with E-state index in [1.807, 2.05) is 13.0 Å². The van der Waals surface area contributed by atoms with E-state index < -0.39 is 0 Å². The van der Waals surface area contributed by atoms with Gasteiger partial charge in [-0.05, 0) is 37.5 Å². The molecule has 0 aromatic heterocycles. The number of methoxy groups -OCH3 is 1. The molecule has 6 heteroatoms. The van der Waals surface area contributed by atoms with Crippen LogP contribution in [0.5, 0.6) is 11.5 Å². The van der Waals surface area contributed by atoms with Gasteiger partial charge >= 0.3 is 5.97 Å². The Labute approximate surface area is 136 Å². The highest BCUT2D eigenvalue weighted by molar-refractivity contribution is 5.75. The summed E-state index contributed by atoms with van der Waals surface area (Å²) in [5, 5.41) is 3.31. The second-order valence-electron chi connectivity index (χ2n) is 6.09. The summed E-state index contributed by atoms with van der Waals surface area (Å²) < 4.78 is 21.2. The van der Waals surface area contributed by atoms with Crippen molar-refractivity contribution in [1.82, 2.24) is 5.32 Å². The molecule has 0 aliphatic carbocycles. The highest BCUT2D eigenvalue weighted by atomic mass is 16.7. The number of esters is 1. The number of hydrogen-bond donors (Lipinski definition) is 1. The number of carbonyl (C=O) groups is 1. The molecule has 2 aliphatic heterocycles. The van der Waals surface area contributed by atoms with Crippen LogP contribution in [0, 0.1) is 0 Å². The smallest absolute Gasteiger partial charge is 0.322 e. The van der Waals surface area contributed by atoms with Gasteiger partial charge in [0, 0.05) is 25.2 Å². The molecule has 0 unspecified atom stereocenters. The summed E-state index contributed by atoms with van der Waals surface area (Å²) in [5.74, 6) is 1.32. The number of nitrogens with one attached hydrogen (secondary N) is 1. The largest absolute Gasteiger partial charge is 0.468 e. The van der Waals surface area contributed by atoms with Crippen LogP contribution in [-0.2, 0) is 19.7 Å². The molecule has 1 aromatic carbocycles. The molecule has 2 heterocycles. The standard InChI is InChI=1S/C17H23NO5/c1-12(16(19)20-2)18-10-17(5-7-21-8-6-17)13-3-4-14-15(9-13)23-11-22-14/h3-4,9,12,18H,5-8,10-11H2,1-2H3/t12-/m0/s1. The van der Waals surface area contributed by atoms with Crippen LogP contribution >= 0.6 is 0 Å². The summed E-state index contributed by atoms with van der Waals surface area (Å²) in [6, 6.07) is 5.76. The molecule has 0 bridgehead atoms. The van der Waals surface area contributed by atoms with Crippen molar-refractivity contribution in [2.45, 2.75) is 31.2 Å². The predicted molar refractivity (Wildman–Crippen MR) is 83.8 cm³/mol. The topological polar surface area (TPSA) is 66.0 Å². The van der Waals surface area contributed by atoms with Gasteiger partial charge < -0.3 is 24.3 Å². The van der Waals surface area contributed by atoms with E-state index in [1.165, 1.54) is 12.7 Å². The molecule has 6 nitrogen and oxygen atoms in total. The second-order valence-corrected chi connectivity index (χ2v) is 6.09. The molecule has 1 atom stereocenters. The molecular formula is C17H23NO5. The summed E-state index contributed by atoms with van der Waals surface area (Å²) in [6.07, 6.45) is 1.79. The number of hydrogen-bond acceptors (Lipinski definition) is 6. The molecule has 1 aromatic rings. The quantitative estimate of drug-likeness (QED) is 0.831. The summed E-state index contributed by atoms with van der Waals surface area (Å²) in [5.41, 5.74) is 1.11. The van der Waals surface area contributed by atoms with E-state index in [4.69, 9.17) is 18.9 Å². The van der Waals surface area contributed by atoms with Crippen molar-refractivity contribution in [2.24, 2.45) is 0 Å². The summed E-state index contributed by atoms with van der Waals surface area (Å²) in [6.45, 7) is 4.20. The van der Waals surface area contributed by atoms with Gasteiger partial charge in [0.2, 0.25) is 6.79 Å². The minimum Gasteiger partial charge on any atom is -0.468 e. The minimum atomic E-state index is -0.339. The van der Waals surface area contributed by atoms with E-state index in [1.54, 1.807) is 0 Å². The van der Waals surface area contributed by atoms with E-state index in [-0.39, 0.29) is 24.2 Å². The van der Waals surface area contributed by atoms with Crippen molar-refractivity contribution in [3.05, 3.63) is 23.8 Å². The maximum atomic E-state index is 11.6. The molecule has 0 spiro atoms. The third kappa shape index (κ3) is 3.28. The Morgan fingerprint density at radius 3 is 2.78 bits per heavy atom. The molecule has 3 rings (SSSR count). The van der Waals surface area contributed by atoms with Crippen LogP contribution in [0.25, 0.3) is 0 Å². The number of carbonyl (C=O) groups excluding carboxylic acids is 1. The van der Waals surface area contributed by atoms with Crippen molar-refractivity contribution < 1.29 is 23.7 Å². The van der Waals surface area contributed by atoms with Gasteiger partial charge in [0.25, 0.3) is 0 Å². The van der Waals surface area contributed by atoms with E-state index >= 15 is 0 Å². The fourth-order valence-electron chi connectivity index (χ4n) is 3.16. The Balaban J connectivity index is 1.80. The zero-order chi connectivity index (χ0) is 16.3. The zero-order valence-electron chi connectivity index (χ0n) is 13.6. The van der Waals surface area contributed by atoms with Crippen LogP contribution < -0.4 is 14.8 Å². The SMILES string of the molecule is COC(=O)[C@H](C)NCC1(c2ccc3c(c2)OCO3)CCOCC1. The van der Waals surface area contributed by atoms with E-state index in [2.05, 4.69) is 17.4 Å². The monoisotopic (exact) mass is 321 g/mol. The van der Waals surface area contributed by atoms with Gasteiger partial charge in [0.15, 0.2) is 11.5 Å². The molecular weight excluding hydrogens is 298 g/mol. The Kier molecular flexibility index (Phi) is 4.73. The van der Waals surface area contributed by atoms with E-state index in [0.29, 0.717) is 19.8 Å². The summed E-state index contributed by atoms with van der Waals surface area (Å²) >= 11 is 0. The highest BCUT2D eigenvalue weighted by Crippen LogP contribution is 2.40. The van der Waals surface area contributed by atoms with Gasteiger partial charge in [0.1, 0.15) is 6.04 Å². The molecule has 0 saturated carbocycles. The van der Waals surface area contributed by atoms with Gasteiger partial charge in [-0.2, -0.15) is 0 Å². The van der Waals surface area contributed by atoms with Crippen molar-refractivity contribution >= 4 is 5.97 Å². The third-order valence-corrected chi connectivity index (χ3v) is 4.74. The lowest BCUT2D eigenvalue weighted by Gasteiger charge is -2.38. The van der Waals surface area contributed by atoms with E-state index in [0.717, 1.165) is 24.3 Å². The number of benzene rings is 1. The molecule has 0 radical (unpaired) electrons. The third-order valence-electron chi connectivity index (χ3n) is 4.74. The molecule has 1 saturated heterocycles. The van der Waals surface area contributed by atoms with Crippen LogP contribution in [0.4, 0.5) is 0 Å². The minimum absolute atomic E-state index is 0.0818. The van der Waals surface area contributed by atoms with Crippen molar-refractivity contribution in [3.8, 4) is 11.5 Å². The van der Waals surface area contributed by atoms with Crippen LogP contribution in [0.2, 0.25) is 0 Å². The molecule has 126 valence electrons. The first-order valence-corrected chi connectivity index (χ1v) is 7.94. The number of fused-ring (bicyclic) bond motifs is 1. The van der Waals surface area contributed by atoms with Crippen molar-refractivity contribution in [1.29, 1.82) is 0 Å². The van der Waals surface area contributed by atoms with Gasteiger partial charge in [-0.1, -0.05) is 6.07 Å². The molecule has 1 fully saturated rings. The fourth-order valence-corrected chi connectivity index (χ4v) is 3.16. The Morgan fingerprint density at radius 1 is 1.30 bits per heavy atom. The Morgan fingerprint density at radius 2 is 2.04 bits per heavy atom. The van der Waals surface area contributed by atoms with Gasteiger partial charge in [-0.25, -0.2) is 0 Å². The molecule has 0 amide bonds. The first-order chi connectivity index (χ1) is 11.1. The lowest BCUT2D eigenvalue weighted by Crippen LogP contribution is -2.47. The number of rotatable bonds is 5. The molecule has 1 N–H and O–H groups in total. The van der Waals surface area contributed by atoms with Crippen LogP contribution in [0.15, 0.2) is 18.2 Å². The lowest BCUT2D eigenvalue weighted by molar-refractivity contribution is -0.142. The second kappa shape index (κ2) is 6.76. The molecule has 23 heavy (non-hydrogen) atoms. The first kappa shape index (κ1) is 16.1. The maximum Gasteiger partial charge on any atom is 0.322 e. The fraction of sp³-hybridized carbons (Fsp3) is 0.588. The first-order valence-electron chi connectivity index (χ1n) is 7.94. The van der Waals surface area contributed by atoms with E-state index in [9.17, 15) is 4.79 Å². The Hall–Kier alpha value is -1.79. The lowest BCUT2D eigenvalue weighted by atomic mass is 9.74. The average molecular weight is 321 g/mol. The van der Waals surface area contributed by atoms with Gasteiger partial charge in [-0.3, -0.25) is 4.79 Å². The summed E-state index contributed by atoms with van der Waals surface area (Å²) in [7, 11) is 1.41. The Bertz CT molecular complexity index is 568. The van der Waals surface area contributed by atoms with Crippen LogP contribution in [0.3, 0.4) is 0 Å². The van der Waals surface area contributed by atoms with Gasteiger partial charge in [0.05, 0.1) is 7.11 Å². The van der Waals surface area contributed by atoms with Crippen molar-refractivity contribution in [2.75, 3.05) is 33.7 Å². The predicted octanol–water partition coefficient (Wildman–Crippen LogP) is 1.61. The highest BCUT2D eigenvalue weighted by Gasteiger charge is 2.36. The average Bonchev–Trinajstić information content (AvgIpc) is 3.07. The summed E-state index contributed by atoms with van der Waals surface area (Å²) in [4.78, 5) is 11.6. The number of ether oxygens (including phenoxy) is 4.